The maximum Gasteiger partial charge on any atom is 0.0480 e. The highest BCUT2D eigenvalue weighted by Gasteiger charge is 2.11. The zero-order chi connectivity index (χ0) is 6.53. The molecular formula is C7H15OP. The van der Waals surface area contributed by atoms with E-state index >= 15 is 0 Å². The van der Waals surface area contributed by atoms with Crippen LogP contribution in [-0.2, 0) is 4.52 Å². The SMILES string of the molecule is CCOP1CCCCC1. The third-order valence-corrected chi connectivity index (χ3v) is 3.88. The fraction of sp³-hybridized carbons (Fsp3) is 1.00. The van der Waals surface area contributed by atoms with Crippen molar-refractivity contribution in [3.63, 3.8) is 0 Å². The summed E-state index contributed by atoms with van der Waals surface area (Å²) in [5.41, 5.74) is 0. The molecule has 0 spiro atoms. The first-order chi connectivity index (χ1) is 4.43. The molecule has 1 saturated heterocycles. The van der Waals surface area contributed by atoms with Crippen molar-refractivity contribution in [2.24, 2.45) is 0 Å². The summed E-state index contributed by atoms with van der Waals surface area (Å²) in [6.45, 7) is 3.02. The van der Waals surface area contributed by atoms with Gasteiger partial charge in [0.05, 0.1) is 0 Å². The number of rotatable bonds is 2. The van der Waals surface area contributed by atoms with E-state index in [0.717, 1.165) is 6.61 Å². The molecule has 0 unspecified atom stereocenters. The normalized spacial score (nSPS) is 22.3. The van der Waals surface area contributed by atoms with Gasteiger partial charge in [-0.2, -0.15) is 0 Å². The molecule has 2 heteroatoms. The minimum atomic E-state index is 0.0282. The minimum absolute atomic E-state index is 0.0282. The quantitative estimate of drug-likeness (QED) is 0.544. The molecule has 0 radical (unpaired) electrons. The Morgan fingerprint density at radius 2 is 1.89 bits per heavy atom. The molecule has 0 aromatic heterocycles. The second kappa shape index (κ2) is 4.24. The van der Waals surface area contributed by atoms with E-state index in [0.29, 0.717) is 0 Å². The van der Waals surface area contributed by atoms with Gasteiger partial charge >= 0.3 is 0 Å². The Bertz CT molecular complexity index is 66.6. The van der Waals surface area contributed by atoms with Gasteiger partial charge in [0.1, 0.15) is 0 Å². The van der Waals surface area contributed by atoms with Crippen molar-refractivity contribution in [2.45, 2.75) is 26.2 Å². The molecule has 0 aromatic carbocycles. The van der Waals surface area contributed by atoms with Gasteiger partial charge in [0.2, 0.25) is 0 Å². The van der Waals surface area contributed by atoms with Crippen molar-refractivity contribution in [1.82, 2.24) is 0 Å². The van der Waals surface area contributed by atoms with E-state index in [1.54, 1.807) is 0 Å². The van der Waals surface area contributed by atoms with Crippen molar-refractivity contribution < 1.29 is 4.52 Å². The first-order valence-corrected chi connectivity index (χ1v) is 5.44. The summed E-state index contributed by atoms with van der Waals surface area (Å²) < 4.78 is 5.55. The Balaban J connectivity index is 2.08. The molecule has 0 aromatic rings. The van der Waals surface area contributed by atoms with Gasteiger partial charge in [-0.3, -0.25) is 0 Å². The van der Waals surface area contributed by atoms with Crippen LogP contribution in [0.4, 0.5) is 0 Å². The summed E-state index contributed by atoms with van der Waals surface area (Å²) in [6.07, 6.45) is 6.98. The maximum atomic E-state index is 5.55. The third kappa shape index (κ3) is 2.64. The van der Waals surface area contributed by atoms with Crippen LogP contribution < -0.4 is 0 Å². The lowest BCUT2D eigenvalue weighted by atomic mass is 10.3. The Morgan fingerprint density at radius 1 is 1.22 bits per heavy atom. The van der Waals surface area contributed by atoms with Crippen LogP contribution in [0.25, 0.3) is 0 Å². The van der Waals surface area contributed by atoms with Crippen LogP contribution in [0.5, 0.6) is 0 Å². The predicted molar refractivity (Wildman–Crippen MR) is 42.1 cm³/mol. The average molecular weight is 146 g/mol. The first-order valence-electron chi connectivity index (χ1n) is 3.81. The van der Waals surface area contributed by atoms with Gasteiger partial charge in [0, 0.05) is 14.8 Å². The van der Waals surface area contributed by atoms with Gasteiger partial charge in [-0.1, -0.05) is 6.42 Å². The van der Waals surface area contributed by atoms with E-state index in [4.69, 9.17) is 4.52 Å². The summed E-state index contributed by atoms with van der Waals surface area (Å²) in [7, 11) is 0.0282. The van der Waals surface area contributed by atoms with Gasteiger partial charge in [-0.05, 0) is 32.1 Å². The molecule has 0 bridgehead atoms. The smallest absolute Gasteiger partial charge is 0.0480 e. The maximum absolute atomic E-state index is 5.55. The van der Waals surface area contributed by atoms with Crippen LogP contribution in [0.15, 0.2) is 0 Å². The first kappa shape index (κ1) is 7.50. The number of hydrogen-bond donors (Lipinski definition) is 0. The molecular weight excluding hydrogens is 131 g/mol. The van der Waals surface area contributed by atoms with Crippen LogP contribution in [0.3, 0.4) is 0 Å². The molecule has 0 atom stereocenters. The standard InChI is InChI=1S/C7H15OP/c1-2-8-9-6-4-3-5-7-9/h2-7H2,1H3. The van der Waals surface area contributed by atoms with Crippen LogP contribution in [0.2, 0.25) is 0 Å². The Morgan fingerprint density at radius 3 is 2.44 bits per heavy atom. The average Bonchev–Trinajstić information content (AvgIpc) is 1.91. The summed E-state index contributed by atoms with van der Waals surface area (Å²) in [6, 6.07) is 0. The zero-order valence-corrected chi connectivity index (χ0v) is 6.99. The molecule has 54 valence electrons. The molecule has 1 heterocycles. The van der Waals surface area contributed by atoms with Gasteiger partial charge in [-0.15, -0.1) is 0 Å². The summed E-state index contributed by atoms with van der Waals surface area (Å²) >= 11 is 0. The molecule has 1 nitrogen and oxygen atoms in total. The lowest BCUT2D eigenvalue weighted by molar-refractivity contribution is 0.372. The monoisotopic (exact) mass is 146 g/mol. The lowest BCUT2D eigenvalue weighted by Crippen LogP contribution is -2.01. The highest BCUT2D eigenvalue weighted by atomic mass is 31.1. The van der Waals surface area contributed by atoms with E-state index in [-0.39, 0.29) is 8.15 Å². The molecule has 0 saturated carbocycles. The third-order valence-electron chi connectivity index (χ3n) is 1.63. The predicted octanol–water partition coefficient (Wildman–Crippen LogP) is 2.60. The molecule has 0 N–H and O–H groups in total. The van der Waals surface area contributed by atoms with Crippen LogP contribution in [0, 0.1) is 0 Å². The van der Waals surface area contributed by atoms with Gasteiger partial charge in [-0.25, -0.2) is 0 Å². The topological polar surface area (TPSA) is 9.23 Å². The van der Waals surface area contributed by atoms with E-state index in [2.05, 4.69) is 6.92 Å². The van der Waals surface area contributed by atoms with Crippen molar-refractivity contribution >= 4 is 8.15 Å². The zero-order valence-electron chi connectivity index (χ0n) is 6.10. The van der Waals surface area contributed by atoms with Crippen molar-refractivity contribution in [1.29, 1.82) is 0 Å². The van der Waals surface area contributed by atoms with E-state index in [1.807, 2.05) is 0 Å². The summed E-state index contributed by atoms with van der Waals surface area (Å²) in [5.74, 6) is 0. The lowest BCUT2D eigenvalue weighted by Gasteiger charge is -2.20. The number of hydrogen-bond acceptors (Lipinski definition) is 1. The Hall–Kier alpha value is 0.390. The molecule has 9 heavy (non-hydrogen) atoms. The summed E-state index contributed by atoms with van der Waals surface area (Å²) in [4.78, 5) is 0. The molecule has 1 aliphatic rings. The second-order valence-corrected chi connectivity index (χ2v) is 4.52. The van der Waals surface area contributed by atoms with Crippen molar-refractivity contribution in [3.05, 3.63) is 0 Å². The van der Waals surface area contributed by atoms with E-state index in [1.165, 1.54) is 31.6 Å². The second-order valence-electron chi connectivity index (χ2n) is 2.41. The van der Waals surface area contributed by atoms with Crippen molar-refractivity contribution in [3.8, 4) is 0 Å². The van der Waals surface area contributed by atoms with E-state index in [9.17, 15) is 0 Å². The molecule has 1 rings (SSSR count). The van der Waals surface area contributed by atoms with Crippen molar-refractivity contribution in [2.75, 3.05) is 18.9 Å². The molecule has 1 fully saturated rings. The highest BCUT2D eigenvalue weighted by molar-refractivity contribution is 7.52. The molecule has 1 aliphatic heterocycles. The summed E-state index contributed by atoms with van der Waals surface area (Å²) in [5, 5.41) is 0. The van der Waals surface area contributed by atoms with Crippen LogP contribution in [-0.4, -0.2) is 18.9 Å². The Labute approximate surface area is 58.6 Å². The molecule has 0 aliphatic carbocycles. The Kier molecular flexibility index (Phi) is 3.54. The highest BCUT2D eigenvalue weighted by Crippen LogP contribution is 2.42. The van der Waals surface area contributed by atoms with E-state index < -0.39 is 0 Å². The van der Waals surface area contributed by atoms with Gasteiger partial charge in [0.15, 0.2) is 0 Å². The van der Waals surface area contributed by atoms with Crippen LogP contribution in [0.1, 0.15) is 26.2 Å². The molecule has 0 amide bonds. The minimum Gasteiger partial charge on any atom is -0.360 e. The fourth-order valence-electron chi connectivity index (χ4n) is 1.18. The van der Waals surface area contributed by atoms with Gasteiger partial charge < -0.3 is 4.52 Å². The van der Waals surface area contributed by atoms with Gasteiger partial charge in [0.25, 0.3) is 0 Å². The largest absolute Gasteiger partial charge is 0.360 e. The van der Waals surface area contributed by atoms with Crippen LogP contribution >= 0.6 is 8.15 Å². The fourth-order valence-corrected chi connectivity index (χ4v) is 3.18.